The summed E-state index contributed by atoms with van der Waals surface area (Å²) in [5.41, 5.74) is 0.0427. The highest BCUT2D eigenvalue weighted by atomic mass is 16.5. The Labute approximate surface area is 153 Å². The van der Waals surface area contributed by atoms with Gasteiger partial charge in [-0.05, 0) is 12.8 Å². The number of esters is 1. The SMILES string of the molecule is COC(=O)C1CCN(c2cc(-n3[nH]cc(-n4ccnn4)c3=O)ncn2)CC1. The number of nitrogens with one attached hydrogen (secondary N) is 1. The zero-order chi connectivity index (χ0) is 18.8. The van der Waals surface area contributed by atoms with Gasteiger partial charge >= 0.3 is 5.97 Å². The molecule has 140 valence electrons. The monoisotopic (exact) mass is 370 g/mol. The Morgan fingerprint density at radius 2 is 2.04 bits per heavy atom. The summed E-state index contributed by atoms with van der Waals surface area (Å²) in [4.78, 5) is 34.9. The van der Waals surface area contributed by atoms with Crippen molar-refractivity contribution < 1.29 is 9.53 Å². The molecule has 4 rings (SSSR count). The van der Waals surface area contributed by atoms with E-state index in [0.717, 1.165) is 0 Å². The Kier molecular flexibility index (Phi) is 4.40. The summed E-state index contributed by atoms with van der Waals surface area (Å²) in [7, 11) is 1.41. The number of H-pyrrole nitrogens is 1. The number of ether oxygens (including phenoxy) is 1. The predicted molar refractivity (Wildman–Crippen MR) is 93.8 cm³/mol. The maximum Gasteiger partial charge on any atom is 0.308 e. The lowest BCUT2D eigenvalue weighted by Gasteiger charge is -2.31. The second kappa shape index (κ2) is 7.02. The summed E-state index contributed by atoms with van der Waals surface area (Å²) in [6.07, 6.45) is 7.44. The van der Waals surface area contributed by atoms with Crippen molar-refractivity contribution in [2.75, 3.05) is 25.1 Å². The van der Waals surface area contributed by atoms with Crippen LogP contribution in [0.4, 0.5) is 5.82 Å². The number of aromatic amines is 1. The summed E-state index contributed by atoms with van der Waals surface area (Å²) in [6, 6.07) is 1.74. The number of rotatable bonds is 4. The molecule has 0 radical (unpaired) electrons. The number of methoxy groups -OCH3 is 1. The molecule has 0 aliphatic carbocycles. The van der Waals surface area contributed by atoms with E-state index in [2.05, 4.69) is 30.3 Å². The van der Waals surface area contributed by atoms with Crippen LogP contribution in [0.3, 0.4) is 0 Å². The van der Waals surface area contributed by atoms with E-state index >= 15 is 0 Å². The lowest BCUT2D eigenvalue weighted by atomic mass is 9.97. The minimum Gasteiger partial charge on any atom is -0.469 e. The molecule has 11 heteroatoms. The topological polar surface area (TPSA) is 124 Å². The van der Waals surface area contributed by atoms with Gasteiger partial charge in [0, 0.05) is 19.2 Å². The van der Waals surface area contributed by atoms with Gasteiger partial charge in [-0.15, -0.1) is 5.10 Å². The second-order valence-electron chi connectivity index (χ2n) is 6.17. The second-order valence-corrected chi connectivity index (χ2v) is 6.17. The van der Waals surface area contributed by atoms with Gasteiger partial charge < -0.3 is 9.64 Å². The fourth-order valence-corrected chi connectivity index (χ4v) is 3.17. The molecule has 27 heavy (non-hydrogen) atoms. The molecular weight excluding hydrogens is 352 g/mol. The fraction of sp³-hybridized carbons (Fsp3) is 0.375. The number of hydrogen-bond acceptors (Lipinski definition) is 8. The fourth-order valence-electron chi connectivity index (χ4n) is 3.17. The number of piperidine rings is 1. The van der Waals surface area contributed by atoms with Crippen LogP contribution in [0.2, 0.25) is 0 Å². The quantitative estimate of drug-likeness (QED) is 0.633. The van der Waals surface area contributed by atoms with Crippen molar-refractivity contribution in [1.82, 2.24) is 34.7 Å². The highest BCUT2D eigenvalue weighted by Gasteiger charge is 2.26. The minimum atomic E-state index is -0.297. The molecule has 1 fully saturated rings. The average molecular weight is 370 g/mol. The van der Waals surface area contributed by atoms with E-state index in [1.54, 1.807) is 18.5 Å². The van der Waals surface area contributed by atoms with Gasteiger partial charge in [-0.25, -0.2) is 14.6 Å². The number of carbonyl (C=O) groups is 1. The first-order valence-corrected chi connectivity index (χ1v) is 8.49. The molecule has 1 saturated heterocycles. The summed E-state index contributed by atoms with van der Waals surface area (Å²) < 4.78 is 7.52. The Bertz CT molecular complexity index is 985. The van der Waals surface area contributed by atoms with Crippen molar-refractivity contribution in [2.24, 2.45) is 5.92 Å². The Balaban J connectivity index is 1.56. The van der Waals surface area contributed by atoms with E-state index < -0.39 is 0 Å². The minimum absolute atomic E-state index is 0.0798. The summed E-state index contributed by atoms with van der Waals surface area (Å²) >= 11 is 0. The molecule has 1 aliphatic heterocycles. The molecule has 0 bridgehead atoms. The standard InChI is InChI=1S/C16H18N8O3/c1-27-16(26)11-2-5-22(6-3-11)13-8-14(18-10-17-13)24-15(25)12(9-20-24)23-7-4-19-21-23/h4,7-11,20H,2-3,5-6H2,1H3. The maximum absolute atomic E-state index is 12.6. The third kappa shape index (κ3) is 3.18. The van der Waals surface area contributed by atoms with Crippen molar-refractivity contribution in [3.63, 3.8) is 0 Å². The van der Waals surface area contributed by atoms with Gasteiger partial charge in [0.15, 0.2) is 11.5 Å². The van der Waals surface area contributed by atoms with Gasteiger partial charge in [0.1, 0.15) is 12.1 Å². The van der Waals surface area contributed by atoms with Crippen LogP contribution in [-0.4, -0.2) is 60.9 Å². The molecule has 1 N–H and O–H groups in total. The molecule has 4 heterocycles. The molecule has 0 spiro atoms. The lowest BCUT2D eigenvalue weighted by Crippen LogP contribution is -2.37. The van der Waals surface area contributed by atoms with Crippen LogP contribution in [0.25, 0.3) is 11.5 Å². The maximum atomic E-state index is 12.6. The normalized spacial score (nSPS) is 15.1. The molecule has 0 atom stereocenters. The third-order valence-electron chi connectivity index (χ3n) is 4.64. The van der Waals surface area contributed by atoms with Crippen LogP contribution in [-0.2, 0) is 9.53 Å². The Morgan fingerprint density at radius 3 is 2.74 bits per heavy atom. The molecule has 1 aliphatic rings. The number of anilines is 1. The van der Waals surface area contributed by atoms with Crippen molar-refractivity contribution in [3.8, 4) is 11.5 Å². The van der Waals surface area contributed by atoms with Gasteiger partial charge in [0.05, 0.1) is 31.6 Å². The smallest absolute Gasteiger partial charge is 0.308 e. The number of aromatic nitrogens is 7. The van der Waals surface area contributed by atoms with Gasteiger partial charge in [0.2, 0.25) is 0 Å². The molecule has 3 aromatic rings. The molecule has 3 aromatic heterocycles. The van der Waals surface area contributed by atoms with Crippen LogP contribution < -0.4 is 10.5 Å². The molecule has 0 aromatic carbocycles. The first kappa shape index (κ1) is 16.9. The molecular formula is C16H18N8O3. The molecule has 11 nitrogen and oxygen atoms in total. The van der Waals surface area contributed by atoms with Gasteiger partial charge in [-0.3, -0.25) is 14.7 Å². The average Bonchev–Trinajstić information content (AvgIpc) is 3.37. The van der Waals surface area contributed by atoms with Crippen LogP contribution in [0.5, 0.6) is 0 Å². The Morgan fingerprint density at radius 1 is 1.26 bits per heavy atom. The van der Waals surface area contributed by atoms with E-state index in [9.17, 15) is 9.59 Å². The lowest BCUT2D eigenvalue weighted by molar-refractivity contribution is -0.146. The van der Waals surface area contributed by atoms with Crippen LogP contribution >= 0.6 is 0 Å². The van der Waals surface area contributed by atoms with Crippen LogP contribution in [0, 0.1) is 5.92 Å². The first-order valence-electron chi connectivity index (χ1n) is 8.49. The van der Waals surface area contributed by atoms with E-state index in [0.29, 0.717) is 43.3 Å². The summed E-state index contributed by atoms with van der Waals surface area (Å²) in [5, 5.41) is 10.4. The highest BCUT2D eigenvalue weighted by Crippen LogP contribution is 2.23. The van der Waals surface area contributed by atoms with E-state index in [-0.39, 0.29) is 17.4 Å². The molecule has 0 unspecified atom stereocenters. The third-order valence-corrected chi connectivity index (χ3v) is 4.64. The van der Waals surface area contributed by atoms with E-state index in [1.807, 2.05) is 0 Å². The van der Waals surface area contributed by atoms with E-state index in [4.69, 9.17) is 4.74 Å². The molecule has 0 amide bonds. The van der Waals surface area contributed by atoms with Gasteiger partial charge in [-0.2, -0.15) is 4.68 Å². The van der Waals surface area contributed by atoms with Gasteiger partial charge in [0.25, 0.3) is 5.56 Å². The number of nitrogens with zero attached hydrogens (tertiary/aromatic N) is 7. The number of hydrogen-bond donors (Lipinski definition) is 1. The zero-order valence-corrected chi connectivity index (χ0v) is 14.6. The van der Waals surface area contributed by atoms with Crippen LogP contribution in [0.1, 0.15) is 12.8 Å². The van der Waals surface area contributed by atoms with E-state index in [1.165, 1.54) is 29.0 Å². The zero-order valence-electron chi connectivity index (χ0n) is 14.6. The van der Waals surface area contributed by atoms with Crippen LogP contribution in [0.15, 0.2) is 35.8 Å². The Hall–Kier alpha value is -3.50. The summed E-state index contributed by atoms with van der Waals surface area (Å²) in [6.45, 7) is 1.36. The van der Waals surface area contributed by atoms with Crippen molar-refractivity contribution in [1.29, 1.82) is 0 Å². The predicted octanol–water partition coefficient (Wildman–Crippen LogP) is -0.0743. The number of carbonyl (C=O) groups excluding carboxylic acids is 1. The molecule has 0 saturated carbocycles. The van der Waals surface area contributed by atoms with Crippen molar-refractivity contribution in [3.05, 3.63) is 41.3 Å². The summed E-state index contributed by atoms with van der Waals surface area (Å²) in [5.74, 6) is 0.874. The van der Waals surface area contributed by atoms with Crippen molar-refractivity contribution >= 4 is 11.8 Å². The highest BCUT2D eigenvalue weighted by molar-refractivity contribution is 5.72. The first-order chi connectivity index (χ1) is 13.2. The largest absolute Gasteiger partial charge is 0.469 e. The van der Waals surface area contributed by atoms with Gasteiger partial charge in [-0.1, -0.05) is 5.21 Å². The van der Waals surface area contributed by atoms with Crippen molar-refractivity contribution in [2.45, 2.75) is 12.8 Å².